The van der Waals surface area contributed by atoms with E-state index in [0.29, 0.717) is 17.9 Å². The topological polar surface area (TPSA) is 54.3 Å². The number of hydrogen-bond acceptors (Lipinski definition) is 3. The van der Waals surface area contributed by atoms with E-state index in [1.165, 1.54) is 6.42 Å². The lowest BCUT2D eigenvalue weighted by Crippen LogP contribution is -2.42. The number of furan rings is 1. The smallest absolute Gasteiger partial charge is 0.237 e. The van der Waals surface area contributed by atoms with Crippen LogP contribution in [0.15, 0.2) is 22.8 Å². The van der Waals surface area contributed by atoms with Gasteiger partial charge in [0.25, 0.3) is 0 Å². The molecule has 0 spiro atoms. The van der Waals surface area contributed by atoms with Crippen molar-refractivity contribution in [2.75, 3.05) is 6.54 Å². The first-order valence-electron chi connectivity index (χ1n) is 6.52. The van der Waals surface area contributed by atoms with E-state index < -0.39 is 0 Å². The standard InChI is InChI=1S/C14H22N2O2/c1-10(15-8-11-7-14(11,2)3)13(17)16-9-12-5-4-6-18-12/h4-6,10-11,15H,7-9H2,1-3H3,(H,16,17). The van der Waals surface area contributed by atoms with Gasteiger partial charge in [-0.05, 0) is 43.4 Å². The lowest BCUT2D eigenvalue weighted by Gasteiger charge is -2.14. The zero-order valence-corrected chi connectivity index (χ0v) is 11.3. The number of amides is 1. The second kappa shape index (κ2) is 5.14. The fourth-order valence-corrected chi connectivity index (χ4v) is 2.08. The van der Waals surface area contributed by atoms with E-state index in [1.807, 2.05) is 19.1 Å². The summed E-state index contributed by atoms with van der Waals surface area (Å²) >= 11 is 0. The molecule has 1 aromatic rings. The average molecular weight is 250 g/mol. The summed E-state index contributed by atoms with van der Waals surface area (Å²) in [5, 5.41) is 6.14. The molecule has 1 amide bonds. The Bertz CT molecular complexity index is 398. The second-order valence-electron chi connectivity index (χ2n) is 5.82. The van der Waals surface area contributed by atoms with Gasteiger partial charge in [-0.3, -0.25) is 4.79 Å². The molecule has 18 heavy (non-hydrogen) atoms. The van der Waals surface area contributed by atoms with Gasteiger partial charge in [-0.2, -0.15) is 0 Å². The average Bonchev–Trinajstić information content (AvgIpc) is 2.77. The van der Waals surface area contributed by atoms with Crippen LogP contribution in [0, 0.1) is 11.3 Å². The minimum absolute atomic E-state index is 0.0184. The Labute approximate surface area is 108 Å². The Morgan fingerprint density at radius 1 is 1.61 bits per heavy atom. The van der Waals surface area contributed by atoms with Crippen LogP contribution in [0.5, 0.6) is 0 Å². The maximum Gasteiger partial charge on any atom is 0.237 e. The van der Waals surface area contributed by atoms with Crippen LogP contribution in [0.25, 0.3) is 0 Å². The highest BCUT2D eigenvalue weighted by Crippen LogP contribution is 2.50. The van der Waals surface area contributed by atoms with Crippen molar-refractivity contribution in [3.63, 3.8) is 0 Å². The number of nitrogens with one attached hydrogen (secondary N) is 2. The highest BCUT2D eigenvalue weighted by molar-refractivity contribution is 5.81. The lowest BCUT2D eigenvalue weighted by molar-refractivity contribution is -0.123. The van der Waals surface area contributed by atoms with Crippen LogP contribution in [0.4, 0.5) is 0 Å². The van der Waals surface area contributed by atoms with Crippen molar-refractivity contribution in [3.8, 4) is 0 Å². The Balaban J connectivity index is 1.65. The van der Waals surface area contributed by atoms with Crippen LogP contribution in [0.3, 0.4) is 0 Å². The molecule has 1 aromatic heterocycles. The summed E-state index contributed by atoms with van der Waals surface area (Å²) < 4.78 is 5.16. The van der Waals surface area contributed by atoms with Crippen molar-refractivity contribution < 1.29 is 9.21 Å². The molecule has 0 bridgehead atoms. The largest absolute Gasteiger partial charge is 0.467 e. The predicted molar refractivity (Wildman–Crippen MR) is 69.9 cm³/mol. The molecule has 0 aromatic carbocycles. The first kappa shape index (κ1) is 13.1. The van der Waals surface area contributed by atoms with Crippen LogP contribution in [0.2, 0.25) is 0 Å². The first-order chi connectivity index (χ1) is 8.49. The van der Waals surface area contributed by atoms with Gasteiger partial charge >= 0.3 is 0 Å². The van der Waals surface area contributed by atoms with Gasteiger partial charge in [0.05, 0.1) is 18.8 Å². The normalized spacial score (nSPS) is 22.5. The molecule has 0 radical (unpaired) electrons. The van der Waals surface area contributed by atoms with E-state index in [2.05, 4.69) is 24.5 Å². The second-order valence-corrected chi connectivity index (χ2v) is 5.82. The highest BCUT2D eigenvalue weighted by Gasteiger charge is 2.45. The van der Waals surface area contributed by atoms with Gasteiger partial charge in [0, 0.05) is 0 Å². The third-order valence-corrected chi connectivity index (χ3v) is 3.80. The fraction of sp³-hybridized carbons (Fsp3) is 0.643. The van der Waals surface area contributed by atoms with E-state index in [4.69, 9.17) is 4.42 Å². The molecule has 1 heterocycles. The number of rotatable bonds is 6. The Morgan fingerprint density at radius 2 is 2.33 bits per heavy atom. The highest BCUT2D eigenvalue weighted by atomic mass is 16.3. The van der Waals surface area contributed by atoms with Gasteiger partial charge in [0.1, 0.15) is 5.76 Å². The molecule has 1 aliphatic carbocycles. The van der Waals surface area contributed by atoms with Crippen LogP contribution in [-0.4, -0.2) is 18.5 Å². The van der Waals surface area contributed by atoms with Crippen molar-refractivity contribution in [2.45, 2.75) is 39.8 Å². The zero-order chi connectivity index (χ0) is 13.2. The van der Waals surface area contributed by atoms with E-state index in [-0.39, 0.29) is 11.9 Å². The van der Waals surface area contributed by atoms with Gasteiger partial charge in [0.15, 0.2) is 0 Å². The monoisotopic (exact) mass is 250 g/mol. The molecule has 4 heteroatoms. The van der Waals surface area contributed by atoms with Crippen molar-refractivity contribution in [2.24, 2.45) is 11.3 Å². The molecule has 0 aliphatic heterocycles. The molecular weight excluding hydrogens is 228 g/mol. The summed E-state index contributed by atoms with van der Waals surface area (Å²) in [5.74, 6) is 1.50. The first-order valence-corrected chi connectivity index (χ1v) is 6.52. The predicted octanol–water partition coefficient (Wildman–Crippen LogP) is 1.92. The van der Waals surface area contributed by atoms with Gasteiger partial charge in [-0.25, -0.2) is 0 Å². The molecule has 1 saturated carbocycles. The Kier molecular flexibility index (Phi) is 3.76. The Morgan fingerprint density at radius 3 is 2.89 bits per heavy atom. The summed E-state index contributed by atoms with van der Waals surface area (Å²) in [4.78, 5) is 11.8. The van der Waals surface area contributed by atoms with Gasteiger partial charge in [0.2, 0.25) is 5.91 Å². The van der Waals surface area contributed by atoms with Gasteiger partial charge in [-0.1, -0.05) is 13.8 Å². The maximum atomic E-state index is 11.8. The van der Waals surface area contributed by atoms with Gasteiger partial charge in [-0.15, -0.1) is 0 Å². The third-order valence-electron chi connectivity index (χ3n) is 3.80. The lowest BCUT2D eigenvalue weighted by atomic mass is 10.1. The number of hydrogen-bond donors (Lipinski definition) is 2. The number of carbonyl (C=O) groups excluding carboxylic acids is 1. The zero-order valence-electron chi connectivity index (χ0n) is 11.3. The summed E-state index contributed by atoms with van der Waals surface area (Å²) in [6.45, 7) is 7.80. The maximum absolute atomic E-state index is 11.8. The van der Waals surface area contributed by atoms with Crippen molar-refractivity contribution in [1.29, 1.82) is 0 Å². The minimum Gasteiger partial charge on any atom is -0.467 e. The molecule has 2 N–H and O–H groups in total. The molecule has 0 saturated heterocycles. The molecule has 1 fully saturated rings. The van der Waals surface area contributed by atoms with Gasteiger partial charge < -0.3 is 15.1 Å². The van der Waals surface area contributed by atoms with Crippen LogP contribution in [-0.2, 0) is 11.3 Å². The Hall–Kier alpha value is -1.29. The number of carbonyl (C=O) groups is 1. The summed E-state index contributed by atoms with van der Waals surface area (Å²) in [6.07, 6.45) is 2.86. The molecule has 100 valence electrons. The van der Waals surface area contributed by atoms with Crippen LogP contribution in [0.1, 0.15) is 33.0 Å². The quantitative estimate of drug-likeness (QED) is 0.811. The van der Waals surface area contributed by atoms with E-state index in [1.54, 1.807) is 6.26 Å². The van der Waals surface area contributed by atoms with Crippen molar-refractivity contribution >= 4 is 5.91 Å². The van der Waals surface area contributed by atoms with Crippen molar-refractivity contribution in [1.82, 2.24) is 10.6 Å². The SMILES string of the molecule is CC(NCC1CC1(C)C)C(=O)NCc1ccco1. The molecule has 2 unspecified atom stereocenters. The summed E-state index contributed by atoms with van der Waals surface area (Å²) in [5.41, 5.74) is 0.456. The van der Waals surface area contributed by atoms with E-state index in [0.717, 1.165) is 12.3 Å². The fourth-order valence-electron chi connectivity index (χ4n) is 2.08. The van der Waals surface area contributed by atoms with Crippen molar-refractivity contribution in [3.05, 3.63) is 24.2 Å². The molecule has 1 aliphatic rings. The van der Waals surface area contributed by atoms with Crippen LogP contribution >= 0.6 is 0 Å². The van der Waals surface area contributed by atoms with Crippen LogP contribution < -0.4 is 10.6 Å². The molecular formula is C14H22N2O2. The van der Waals surface area contributed by atoms with E-state index in [9.17, 15) is 4.79 Å². The summed E-state index contributed by atoms with van der Waals surface area (Å²) in [6, 6.07) is 3.51. The molecule has 2 rings (SSSR count). The summed E-state index contributed by atoms with van der Waals surface area (Å²) in [7, 11) is 0. The minimum atomic E-state index is -0.156. The molecule has 2 atom stereocenters. The van der Waals surface area contributed by atoms with E-state index >= 15 is 0 Å². The third kappa shape index (κ3) is 3.35. The molecule has 4 nitrogen and oxygen atoms in total.